The van der Waals surface area contributed by atoms with Crippen molar-refractivity contribution >= 4 is 0 Å². The Balaban J connectivity index is 2.16. The lowest BCUT2D eigenvalue weighted by atomic mass is 9.84. The standard InChI is InChI=1S/C16H29NO2/c1-3-12-17-15(14-9-8-13-19-14)16(18-2)10-6-4-5-7-11-16/h9,15,17H,3-8,10-13H2,1-2H3. The fourth-order valence-corrected chi connectivity index (χ4v) is 3.41. The first-order chi connectivity index (χ1) is 9.32. The van der Waals surface area contributed by atoms with E-state index in [4.69, 9.17) is 9.47 Å². The molecule has 3 heteroatoms. The first-order valence-corrected chi connectivity index (χ1v) is 7.94. The maximum atomic E-state index is 6.05. The molecule has 1 heterocycles. The van der Waals surface area contributed by atoms with Crippen LogP contribution in [0.25, 0.3) is 0 Å². The van der Waals surface area contributed by atoms with E-state index in [1.54, 1.807) is 0 Å². The van der Waals surface area contributed by atoms with Crippen LogP contribution in [0, 0.1) is 0 Å². The first kappa shape index (κ1) is 14.9. The monoisotopic (exact) mass is 267 g/mol. The number of hydrogen-bond donors (Lipinski definition) is 1. The van der Waals surface area contributed by atoms with Gasteiger partial charge in [0.25, 0.3) is 0 Å². The largest absolute Gasteiger partial charge is 0.496 e. The first-order valence-electron chi connectivity index (χ1n) is 7.94. The van der Waals surface area contributed by atoms with Crippen LogP contribution in [-0.2, 0) is 9.47 Å². The Labute approximate surface area is 117 Å². The molecule has 2 rings (SSSR count). The van der Waals surface area contributed by atoms with E-state index >= 15 is 0 Å². The molecule has 1 saturated carbocycles. The molecule has 0 aromatic carbocycles. The minimum atomic E-state index is -0.0676. The third-order valence-corrected chi connectivity index (χ3v) is 4.50. The van der Waals surface area contributed by atoms with Gasteiger partial charge in [-0.15, -0.1) is 0 Å². The average Bonchev–Trinajstić information content (AvgIpc) is 2.85. The molecule has 1 aliphatic heterocycles. The summed E-state index contributed by atoms with van der Waals surface area (Å²) < 4.78 is 11.9. The van der Waals surface area contributed by atoms with Gasteiger partial charge in [0.05, 0.1) is 18.2 Å². The van der Waals surface area contributed by atoms with Gasteiger partial charge >= 0.3 is 0 Å². The Morgan fingerprint density at radius 2 is 2.05 bits per heavy atom. The van der Waals surface area contributed by atoms with Crippen molar-refractivity contribution in [1.29, 1.82) is 0 Å². The fourth-order valence-electron chi connectivity index (χ4n) is 3.41. The van der Waals surface area contributed by atoms with Gasteiger partial charge in [0.1, 0.15) is 5.76 Å². The van der Waals surface area contributed by atoms with Crippen LogP contribution in [-0.4, -0.2) is 31.9 Å². The third kappa shape index (κ3) is 3.51. The molecule has 3 nitrogen and oxygen atoms in total. The topological polar surface area (TPSA) is 30.5 Å². The van der Waals surface area contributed by atoms with E-state index < -0.39 is 0 Å². The lowest BCUT2D eigenvalue weighted by molar-refractivity contribution is -0.0544. The zero-order valence-electron chi connectivity index (χ0n) is 12.5. The van der Waals surface area contributed by atoms with Crippen molar-refractivity contribution < 1.29 is 9.47 Å². The second-order valence-electron chi connectivity index (χ2n) is 5.81. The van der Waals surface area contributed by atoms with Gasteiger partial charge in [-0.3, -0.25) is 0 Å². The summed E-state index contributed by atoms with van der Waals surface area (Å²) in [6.07, 6.45) is 11.9. The lowest BCUT2D eigenvalue weighted by Crippen LogP contribution is -2.53. The number of methoxy groups -OCH3 is 1. The SMILES string of the molecule is CCCNC(C1=CCCO1)C1(OC)CCCCCC1. The van der Waals surface area contributed by atoms with Crippen LogP contribution in [0.4, 0.5) is 0 Å². The summed E-state index contributed by atoms with van der Waals surface area (Å²) in [4.78, 5) is 0. The van der Waals surface area contributed by atoms with Crippen LogP contribution in [0.2, 0.25) is 0 Å². The van der Waals surface area contributed by atoms with Crippen molar-refractivity contribution in [3.63, 3.8) is 0 Å². The van der Waals surface area contributed by atoms with Crippen molar-refractivity contribution in [2.24, 2.45) is 0 Å². The minimum Gasteiger partial charge on any atom is -0.496 e. The highest BCUT2D eigenvalue weighted by Crippen LogP contribution is 2.36. The van der Waals surface area contributed by atoms with Crippen LogP contribution < -0.4 is 5.32 Å². The summed E-state index contributed by atoms with van der Waals surface area (Å²) in [6, 6.07) is 0.234. The summed E-state index contributed by atoms with van der Waals surface area (Å²) in [5.41, 5.74) is -0.0676. The molecule has 2 aliphatic rings. The molecule has 0 spiro atoms. The van der Waals surface area contributed by atoms with Crippen LogP contribution in [0.5, 0.6) is 0 Å². The van der Waals surface area contributed by atoms with Gasteiger partial charge in [0.15, 0.2) is 0 Å². The number of ether oxygens (including phenoxy) is 2. The van der Waals surface area contributed by atoms with E-state index in [0.717, 1.165) is 44.6 Å². The molecule has 0 aromatic rings. The summed E-state index contributed by atoms with van der Waals surface area (Å²) in [5.74, 6) is 1.12. The molecule has 0 bridgehead atoms. The van der Waals surface area contributed by atoms with Gasteiger partial charge < -0.3 is 14.8 Å². The molecule has 0 radical (unpaired) electrons. The van der Waals surface area contributed by atoms with Gasteiger partial charge in [0, 0.05) is 13.5 Å². The highest BCUT2D eigenvalue weighted by molar-refractivity contribution is 5.15. The molecule has 19 heavy (non-hydrogen) atoms. The summed E-state index contributed by atoms with van der Waals surface area (Å²) in [5, 5.41) is 3.68. The van der Waals surface area contributed by atoms with Gasteiger partial charge in [-0.1, -0.05) is 32.6 Å². The summed E-state index contributed by atoms with van der Waals surface area (Å²) in [7, 11) is 1.88. The Morgan fingerprint density at radius 1 is 1.32 bits per heavy atom. The molecule has 1 aliphatic carbocycles. The summed E-state index contributed by atoms with van der Waals surface area (Å²) >= 11 is 0. The van der Waals surface area contributed by atoms with E-state index in [1.807, 2.05) is 7.11 Å². The van der Waals surface area contributed by atoms with Gasteiger partial charge in [0.2, 0.25) is 0 Å². The van der Waals surface area contributed by atoms with E-state index in [9.17, 15) is 0 Å². The van der Waals surface area contributed by atoms with E-state index in [0.29, 0.717) is 0 Å². The van der Waals surface area contributed by atoms with Crippen molar-refractivity contribution in [3.8, 4) is 0 Å². The Kier molecular flexibility index (Phi) is 5.71. The minimum absolute atomic E-state index is 0.0676. The highest BCUT2D eigenvalue weighted by atomic mass is 16.5. The Hall–Kier alpha value is -0.540. The van der Waals surface area contributed by atoms with Crippen LogP contribution in [0.3, 0.4) is 0 Å². The molecular formula is C16H29NO2. The van der Waals surface area contributed by atoms with E-state index in [2.05, 4.69) is 18.3 Å². The number of nitrogens with one attached hydrogen (secondary N) is 1. The lowest BCUT2D eigenvalue weighted by Gasteiger charge is -2.40. The normalized spacial score (nSPS) is 24.4. The molecule has 1 fully saturated rings. The zero-order chi connectivity index (χ0) is 13.6. The van der Waals surface area contributed by atoms with Crippen molar-refractivity contribution in [2.75, 3.05) is 20.3 Å². The van der Waals surface area contributed by atoms with Gasteiger partial charge in [-0.05, 0) is 31.9 Å². The van der Waals surface area contributed by atoms with E-state index in [-0.39, 0.29) is 11.6 Å². The van der Waals surface area contributed by atoms with Gasteiger partial charge in [-0.25, -0.2) is 0 Å². The molecule has 0 amide bonds. The molecule has 1 N–H and O–H groups in total. The Morgan fingerprint density at radius 3 is 2.58 bits per heavy atom. The molecular weight excluding hydrogens is 238 g/mol. The Bertz CT molecular complexity index is 293. The smallest absolute Gasteiger partial charge is 0.112 e. The maximum Gasteiger partial charge on any atom is 0.112 e. The number of hydrogen-bond acceptors (Lipinski definition) is 3. The summed E-state index contributed by atoms with van der Waals surface area (Å²) in [6.45, 7) is 4.07. The third-order valence-electron chi connectivity index (χ3n) is 4.50. The fraction of sp³-hybridized carbons (Fsp3) is 0.875. The zero-order valence-corrected chi connectivity index (χ0v) is 12.5. The molecule has 1 atom stereocenters. The van der Waals surface area contributed by atoms with Crippen LogP contribution >= 0.6 is 0 Å². The highest BCUT2D eigenvalue weighted by Gasteiger charge is 2.42. The average molecular weight is 267 g/mol. The predicted octanol–water partition coefficient (Wildman–Crippen LogP) is 3.40. The van der Waals surface area contributed by atoms with Crippen molar-refractivity contribution in [3.05, 3.63) is 11.8 Å². The van der Waals surface area contributed by atoms with Crippen LogP contribution in [0.1, 0.15) is 58.3 Å². The van der Waals surface area contributed by atoms with Crippen LogP contribution in [0.15, 0.2) is 11.8 Å². The molecule has 110 valence electrons. The van der Waals surface area contributed by atoms with Gasteiger partial charge in [-0.2, -0.15) is 0 Å². The quantitative estimate of drug-likeness (QED) is 0.748. The predicted molar refractivity (Wildman–Crippen MR) is 78.2 cm³/mol. The van der Waals surface area contributed by atoms with Crippen molar-refractivity contribution in [1.82, 2.24) is 5.32 Å². The number of rotatable bonds is 6. The second kappa shape index (κ2) is 7.30. The molecule has 1 unspecified atom stereocenters. The van der Waals surface area contributed by atoms with Crippen molar-refractivity contribution in [2.45, 2.75) is 69.9 Å². The molecule has 0 aromatic heterocycles. The molecule has 0 saturated heterocycles. The maximum absolute atomic E-state index is 6.05. The second-order valence-corrected chi connectivity index (χ2v) is 5.81. The van der Waals surface area contributed by atoms with E-state index in [1.165, 1.54) is 25.7 Å².